The summed E-state index contributed by atoms with van der Waals surface area (Å²) in [7, 11) is 0. The van der Waals surface area contributed by atoms with E-state index < -0.39 is 0 Å². The van der Waals surface area contributed by atoms with E-state index in [2.05, 4.69) is 48.3 Å². The lowest BCUT2D eigenvalue weighted by Gasteiger charge is -2.25. The quantitative estimate of drug-likeness (QED) is 0.840. The van der Waals surface area contributed by atoms with E-state index in [-0.39, 0.29) is 0 Å². The Bertz CT molecular complexity index is 343. The highest BCUT2D eigenvalue weighted by Gasteiger charge is 2.19. The first-order chi connectivity index (χ1) is 8.31. The molecular weight excluding hydrogens is 208 g/mol. The Balaban J connectivity index is 2.08. The Labute approximate surface area is 105 Å². The summed E-state index contributed by atoms with van der Waals surface area (Å²) in [4.78, 5) is 2.58. The number of likely N-dealkylation sites (N-methyl/N-ethyl adjacent to an activating group) is 1. The van der Waals surface area contributed by atoms with Crippen molar-refractivity contribution < 1.29 is 0 Å². The van der Waals surface area contributed by atoms with E-state index in [4.69, 9.17) is 0 Å². The maximum absolute atomic E-state index is 3.62. The highest BCUT2D eigenvalue weighted by atomic mass is 15.2. The third kappa shape index (κ3) is 3.30. The molecule has 2 rings (SSSR count). The van der Waals surface area contributed by atoms with Gasteiger partial charge in [0.1, 0.15) is 0 Å². The lowest BCUT2D eigenvalue weighted by atomic mass is 10.0. The van der Waals surface area contributed by atoms with E-state index in [1.54, 1.807) is 0 Å². The Morgan fingerprint density at radius 3 is 2.59 bits per heavy atom. The summed E-state index contributed by atoms with van der Waals surface area (Å²) in [5.74, 6) is 0. The molecule has 17 heavy (non-hydrogen) atoms. The highest BCUT2D eigenvalue weighted by Crippen LogP contribution is 2.20. The topological polar surface area (TPSA) is 15.3 Å². The van der Waals surface area contributed by atoms with Crippen molar-refractivity contribution in [3.05, 3.63) is 35.4 Å². The van der Waals surface area contributed by atoms with Crippen molar-refractivity contribution in [3.63, 3.8) is 0 Å². The predicted octanol–water partition coefficient (Wildman–Crippen LogP) is 2.74. The van der Waals surface area contributed by atoms with E-state index >= 15 is 0 Å². The van der Waals surface area contributed by atoms with Crippen LogP contribution in [0.3, 0.4) is 0 Å². The average molecular weight is 232 g/mol. The molecule has 1 saturated heterocycles. The summed E-state index contributed by atoms with van der Waals surface area (Å²) in [6.07, 6.45) is 2.74. The molecule has 0 aliphatic carbocycles. The van der Waals surface area contributed by atoms with Crippen LogP contribution in [0.1, 0.15) is 36.9 Å². The average Bonchev–Trinajstić information content (AvgIpc) is 2.82. The summed E-state index contributed by atoms with van der Waals surface area (Å²) < 4.78 is 0. The first-order valence-electron chi connectivity index (χ1n) is 6.82. The van der Waals surface area contributed by atoms with Gasteiger partial charge in [0, 0.05) is 12.6 Å². The number of hydrogen-bond donors (Lipinski definition) is 1. The predicted molar refractivity (Wildman–Crippen MR) is 73.3 cm³/mol. The molecule has 0 spiro atoms. The van der Waals surface area contributed by atoms with Crippen LogP contribution < -0.4 is 5.32 Å². The summed E-state index contributed by atoms with van der Waals surface area (Å²) in [6.45, 7) is 9.13. The summed E-state index contributed by atoms with van der Waals surface area (Å²) >= 11 is 0. The molecule has 1 N–H and O–H groups in total. The maximum atomic E-state index is 3.62. The van der Waals surface area contributed by atoms with E-state index in [1.165, 1.54) is 37.1 Å². The van der Waals surface area contributed by atoms with Crippen molar-refractivity contribution >= 4 is 0 Å². The second-order valence-electron chi connectivity index (χ2n) is 4.97. The van der Waals surface area contributed by atoms with Gasteiger partial charge in [-0.1, -0.05) is 31.2 Å². The molecular formula is C15H24N2. The number of hydrogen-bond acceptors (Lipinski definition) is 2. The van der Waals surface area contributed by atoms with Crippen LogP contribution in [0.4, 0.5) is 0 Å². The van der Waals surface area contributed by atoms with Crippen LogP contribution in [-0.2, 0) is 0 Å². The molecule has 1 heterocycles. The van der Waals surface area contributed by atoms with Crippen molar-refractivity contribution in [2.45, 2.75) is 32.7 Å². The first-order valence-corrected chi connectivity index (χ1v) is 6.82. The van der Waals surface area contributed by atoms with Gasteiger partial charge >= 0.3 is 0 Å². The van der Waals surface area contributed by atoms with E-state index in [0.717, 1.165) is 13.1 Å². The Kier molecular flexibility index (Phi) is 4.57. The molecule has 2 nitrogen and oxygen atoms in total. The number of aryl methyl sites for hydroxylation is 1. The Morgan fingerprint density at radius 1 is 1.24 bits per heavy atom. The molecule has 0 aromatic heterocycles. The molecule has 0 radical (unpaired) electrons. The van der Waals surface area contributed by atoms with E-state index in [1.807, 2.05) is 0 Å². The van der Waals surface area contributed by atoms with Crippen molar-refractivity contribution in [2.24, 2.45) is 0 Å². The van der Waals surface area contributed by atoms with Gasteiger partial charge in [-0.3, -0.25) is 0 Å². The molecule has 1 unspecified atom stereocenters. The molecule has 94 valence electrons. The number of benzene rings is 1. The molecule has 2 heteroatoms. The second-order valence-corrected chi connectivity index (χ2v) is 4.97. The van der Waals surface area contributed by atoms with E-state index in [0.29, 0.717) is 6.04 Å². The number of nitrogens with one attached hydrogen (secondary N) is 1. The third-order valence-corrected chi connectivity index (χ3v) is 3.65. The fourth-order valence-electron chi connectivity index (χ4n) is 2.72. The van der Waals surface area contributed by atoms with Gasteiger partial charge in [0.15, 0.2) is 0 Å². The fraction of sp³-hybridized carbons (Fsp3) is 0.600. The van der Waals surface area contributed by atoms with Gasteiger partial charge in [0.25, 0.3) is 0 Å². The first kappa shape index (κ1) is 12.6. The van der Waals surface area contributed by atoms with E-state index in [9.17, 15) is 0 Å². The van der Waals surface area contributed by atoms with Crippen molar-refractivity contribution in [2.75, 3.05) is 26.2 Å². The lowest BCUT2D eigenvalue weighted by molar-refractivity contribution is 0.294. The normalized spacial score (nSPS) is 18.5. The molecule has 1 aromatic rings. The highest BCUT2D eigenvalue weighted by molar-refractivity contribution is 5.29. The van der Waals surface area contributed by atoms with Crippen LogP contribution in [0, 0.1) is 6.92 Å². The lowest BCUT2D eigenvalue weighted by Crippen LogP contribution is -2.34. The zero-order valence-corrected chi connectivity index (χ0v) is 11.1. The minimum atomic E-state index is 0.485. The molecule has 1 fully saturated rings. The molecule has 1 aliphatic rings. The summed E-state index contributed by atoms with van der Waals surface area (Å²) in [5, 5.41) is 3.62. The van der Waals surface area contributed by atoms with Crippen LogP contribution in [0.2, 0.25) is 0 Å². The monoisotopic (exact) mass is 232 g/mol. The number of rotatable bonds is 5. The van der Waals surface area contributed by atoms with Crippen LogP contribution in [0.25, 0.3) is 0 Å². The zero-order valence-electron chi connectivity index (χ0n) is 11.1. The van der Waals surface area contributed by atoms with Crippen LogP contribution in [0.5, 0.6) is 0 Å². The van der Waals surface area contributed by atoms with Gasteiger partial charge in [0.2, 0.25) is 0 Å². The van der Waals surface area contributed by atoms with Gasteiger partial charge in [0.05, 0.1) is 0 Å². The smallest absolute Gasteiger partial charge is 0.0451 e. The van der Waals surface area contributed by atoms with Crippen molar-refractivity contribution in [3.8, 4) is 0 Å². The number of nitrogens with zero attached hydrogens (tertiary/aromatic N) is 1. The fourth-order valence-corrected chi connectivity index (χ4v) is 2.72. The molecule has 1 atom stereocenters. The zero-order chi connectivity index (χ0) is 12.1. The largest absolute Gasteiger partial charge is 0.309 e. The van der Waals surface area contributed by atoms with Crippen molar-refractivity contribution in [1.29, 1.82) is 0 Å². The molecule has 0 bridgehead atoms. The minimum absolute atomic E-state index is 0.485. The third-order valence-electron chi connectivity index (χ3n) is 3.65. The van der Waals surface area contributed by atoms with Gasteiger partial charge in [-0.2, -0.15) is 0 Å². The van der Waals surface area contributed by atoms with Crippen LogP contribution in [0.15, 0.2) is 24.3 Å². The van der Waals surface area contributed by atoms with Gasteiger partial charge in [-0.05, 0) is 50.5 Å². The summed E-state index contributed by atoms with van der Waals surface area (Å²) in [6, 6.07) is 9.23. The minimum Gasteiger partial charge on any atom is -0.309 e. The molecule has 0 saturated carbocycles. The van der Waals surface area contributed by atoms with Crippen LogP contribution >= 0.6 is 0 Å². The van der Waals surface area contributed by atoms with Gasteiger partial charge < -0.3 is 10.2 Å². The summed E-state index contributed by atoms with van der Waals surface area (Å²) in [5.41, 5.74) is 2.86. The van der Waals surface area contributed by atoms with Crippen molar-refractivity contribution in [1.82, 2.24) is 10.2 Å². The standard InChI is InChI=1S/C15H24N2/c1-3-16-15(12-17-10-6-7-11-17)14-9-5-4-8-13(14)2/h4-5,8-9,15-16H,3,6-7,10-12H2,1-2H3. The number of likely N-dealkylation sites (tertiary alicyclic amines) is 1. The molecule has 1 aromatic carbocycles. The molecule has 0 amide bonds. The second kappa shape index (κ2) is 6.18. The van der Waals surface area contributed by atoms with Crippen LogP contribution in [-0.4, -0.2) is 31.1 Å². The Hall–Kier alpha value is -0.860. The SMILES string of the molecule is CCNC(CN1CCCC1)c1ccccc1C. The maximum Gasteiger partial charge on any atom is 0.0451 e. The van der Waals surface area contributed by atoms with Gasteiger partial charge in [-0.15, -0.1) is 0 Å². The molecule has 1 aliphatic heterocycles. The van der Waals surface area contributed by atoms with Gasteiger partial charge in [-0.25, -0.2) is 0 Å². The Morgan fingerprint density at radius 2 is 1.94 bits per heavy atom.